The van der Waals surface area contributed by atoms with E-state index in [0.717, 1.165) is 36.7 Å². The summed E-state index contributed by atoms with van der Waals surface area (Å²) >= 11 is 0. The van der Waals surface area contributed by atoms with Gasteiger partial charge in [0.05, 0.1) is 11.6 Å². The summed E-state index contributed by atoms with van der Waals surface area (Å²) in [6, 6.07) is 11.6. The van der Waals surface area contributed by atoms with Crippen LogP contribution < -0.4 is 0 Å². The van der Waals surface area contributed by atoms with E-state index >= 15 is 0 Å². The van der Waals surface area contributed by atoms with Crippen molar-refractivity contribution in [3.05, 3.63) is 59.4 Å². The van der Waals surface area contributed by atoms with Gasteiger partial charge in [-0.1, -0.05) is 50.0 Å². The highest BCUT2D eigenvalue weighted by atomic mass is 19.1. The minimum absolute atomic E-state index is 0.726. The van der Waals surface area contributed by atoms with E-state index < -0.39 is 5.83 Å². The number of halogens is 1. The Morgan fingerprint density at radius 2 is 1.68 bits per heavy atom. The molecule has 130 valence electrons. The van der Waals surface area contributed by atoms with Crippen molar-refractivity contribution in [2.75, 3.05) is 0 Å². The molecule has 0 atom stereocenters. The molecular weight excluding hydrogens is 311 g/mol. The van der Waals surface area contributed by atoms with Gasteiger partial charge in [-0.3, -0.25) is 0 Å². The van der Waals surface area contributed by atoms with Crippen LogP contribution in [0.4, 0.5) is 4.39 Å². The van der Waals surface area contributed by atoms with E-state index in [1.54, 1.807) is 6.08 Å². The molecule has 0 aliphatic heterocycles. The van der Waals surface area contributed by atoms with Crippen LogP contribution in [0.25, 0.3) is 0 Å². The normalized spacial score (nSPS) is 21.0. The summed E-state index contributed by atoms with van der Waals surface area (Å²) in [6.45, 7) is 0. The second kappa shape index (κ2) is 10.5. The fourth-order valence-electron chi connectivity index (χ4n) is 3.54. The van der Waals surface area contributed by atoms with Crippen LogP contribution in [0.2, 0.25) is 0 Å². The van der Waals surface area contributed by atoms with Gasteiger partial charge in [-0.2, -0.15) is 14.9 Å². The van der Waals surface area contributed by atoms with Gasteiger partial charge >= 0.3 is 0 Å². The maximum Gasteiger partial charge on any atom is 0.199 e. The lowest BCUT2D eigenvalue weighted by Gasteiger charge is -2.28. The molecule has 1 aliphatic carbocycles. The molecule has 0 heterocycles. The Hall–Kier alpha value is -2.39. The first-order valence-electron chi connectivity index (χ1n) is 9.12. The summed E-state index contributed by atoms with van der Waals surface area (Å²) in [6.07, 6.45) is 14.4. The van der Waals surface area contributed by atoms with E-state index in [-0.39, 0.29) is 0 Å². The molecule has 0 unspecified atom stereocenters. The lowest BCUT2D eigenvalue weighted by Crippen LogP contribution is -2.15. The number of hydrogen-bond donors (Lipinski definition) is 0. The number of allylic oxidation sites excluding steroid dienone is 4. The van der Waals surface area contributed by atoms with Gasteiger partial charge < -0.3 is 0 Å². The summed E-state index contributed by atoms with van der Waals surface area (Å²) < 4.78 is 12.6. The van der Waals surface area contributed by atoms with Crippen LogP contribution in [0, 0.1) is 34.5 Å². The molecule has 25 heavy (non-hydrogen) atoms. The lowest BCUT2D eigenvalue weighted by atomic mass is 9.78. The van der Waals surface area contributed by atoms with Gasteiger partial charge in [0.2, 0.25) is 0 Å². The highest BCUT2D eigenvalue weighted by molar-refractivity contribution is 5.31. The summed E-state index contributed by atoms with van der Waals surface area (Å²) in [5.41, 5.74) is 2.05. The summed E-state index contributed by atoms with van der Waals surface area (Å²) in [4.78, 5) is 0. The average molecular weight is 336 g/mol. The molecule has 0 radical (unpaired) electrons. The van der Waals surface area contributed by atoms with Gasteiger partial charge in [-0.25, -0.2) is 0 Å². The maximum absolute atomic E-state index is 12.6. The van der Waals surface area contributed by atoms with Gasteiger partial charge in [0.15, 0.2) is 5.83 Å². The zero-order chi connectivity index (χ0) is 17.9. The van der Waals surface area contributed by atoms with Gasteiger partial charge in [-0.05, 0) is 61.3 Å². The Bertz CT molecular complexity index is 665. The smallest absolute Gasteiger partial charge is 0.195 e. The van der Waals surface area contributed by atoms with E-state index in [4.69, 9.17) is 10.5 Å². The summed E-state index contributed by atoms with van der Waals surface area (Å²) in [5.74, 6) is 0.856. The van der Waals surface area contributed by atoms with Crippen molar-refractivity contribution in [1.29, 1.82) is 10.5 Å². The monoisotopic (exact) mass is 336 g/mol. The molecule has 0 N–H and O–H groups in total. The Kier molecular flexibility index (Phi) is 7.93. The van der Waals surface area contributed by atoms with Crippen LogP contribution in [-0.4, -0.2) is 0 Å². The third-order valence-electron chi connectivity index (χ3n) is 5.12. The Labute approximate surface area is 150 Å². The first-order valence-corrected chi connectivity index (χ1v) is 9.12. The Balaban J connectivity index is 1.63. The number of benzene rings is 1. The Morgan fingerprint density at radius 3 is 2.28 bits per heavy atom. The van der Waals surface area contributed by atoms with Gasteiger partial charge in [0.1, 0.15) is 6.07 Å². The molecule has 2 nitrogen and oxygen atoms in total. The van der Waals surface area contributed by atoms with E-state index in [1.165, 1.54) is 49.8 Å². The first kappa shape index (κ1) is 18.9. The average Bonchev–Trinajstić information content (AvgIpc) is 2.67. The molecule has 0 bridgehead atoms. The SMILES string of the molecule is N#CC(F)=CC=CCCC1CCC(CCc2ccc(C#N)cc2)CC1. The van der Waals surface area contributed by atoms with E-state index in [0.29, 0.717) is 0 Å². The predicted octanol–water partition coefficient (Wildman–Crippen LogP) is 6.01. The standard InChI is InChI=1S/C22H25FN2/c23-22(17-25)5-3-1-2-4-18-6-8-19(9-7-18)10-11-20-12-14-21(16-24)15-13-20/h1,3,5,12-15,18-19H,2,4,6-11H2. The highest BCUT2D eigenvalue weighted by Gasteiger charge is 2.20. The summed E-state index contributed by atoms with van der Waals surface area (Å²) in [5, 5.41) is 17.1. The second-order valence-electron chi connectivity index (χ2n) is 6.87. The van der Waals surface area contributed by atoms with Crippen LogP contribution >= 0.6 is 0 Å². The molecular formula is C22H25FN2. The molecule has 0 aromatic heterocycles. The third kappa shape index (κ3) is 6.94. The van der Waals surface area contributed by atoms with Crippen molar-refractivity contribution >= 4 is 0 Å². The van der Waals surface area contributed by atoms with Crippen molar-refractivity contribution < 1.29 is 4.39 Å². The zero-order valence-corrected chi connectivity index (χ0v) is 14.6. The van der Waals surface area contributed by atoms with Crippen LogP contribution in [0.1, 0.15) is 56.1 Å². The van der Waals surface area contributed by atoms with Crippen LogP contribution in [0.5, 0.6) is 0 Å². The van der Waals surface area contributed by atoms with Gasteiger partial charge in [-0.15, -0.1) is 0 Å². The molecule has 0 spiro atoms. The second-order valence-corrected chi connectivity index (χ2v) is 6.87. The molecule has 3 heteroatoms. The quantitative estimate of drug-likeness (QED) is 0.452. The fraction of sp³-hybridized carbons (Fsp3) is 0.455. The first-order chi connectivity index (χ1) is 12.2. The van der Waals surface area contributed by atoms with Gasteiger partial charge in [0.25, 0.3) is 0 Å². The zero-order valence-electron chi connectivity index (χ0n) is 14.6. The summed E-state index contributed by atoms with van der Waals surface area (Å²) in [7, 11) is 0. The molecule has 1 aliphatic rings. The van der Waals surface area contributed by atoms with Crippen molar-refractivity contribution in [2.24, 2.45) is 11.8 Å². The topological polar surface area (TPSA) is 47.6 Å². The fourth-order valence-corrected chi connectivity index (χ4v) is 3.54. The highest BCUT2D eigenvalue weighted by Crippen LogP contribution is 2.34. The van der Waals surface area contributed by atoms with Crippen molar-refractivity contribution in [3.63, 3.8) is 0 Å². The Morgan fingerprint density at radius 1 is 1.04 bits per heavy atom. The van der Waals surface area contributed by atoms with E-state index in [1.807, 2.05) is 18.2 Å². The molecule has 1 fully saturated rings. The van der Waals surface area contributed by atoms with Crippen molar-refractivity contribution in [3.8, 4) is 12.1 Å². The molecule has 2 rings (SSSR count). The number of nitriles is 2. The molecule has 1 aromatic rings. The molecule has 0 saturated heterocycles. The predicted molar refractivity (Wildman–Crippen MR) is 98.1 cm³/mol. The van der Waals surface area contributed by atoms with E-state index in [9.17, 15) is 4.39 Å². The third-order valence-corrected chi connectivity index (χ3v) is 5.12. The lowest BCUT2D eigenvalue weighted by molar-refractivity contribution is 0.254. The molecule has 0 amide bonds. The maximum atomic E-state index is 12.6. The molecule has 1 saturated carbocycles. The van der Waals surface area contributed by atoms with Crippen LogP contribution in [0.3, 0.4) is 0 Å². The number of nitrogens with zero attached hydrogens (tertiary/aromatic N) is 2. The van der Waals surface area contributed by atoms with Gasteiger partial charge in [0, 0.05) is 0 Å². The number of rotatable bonds is 7. The number of aryl methyl sites for hydroxylation is 1. The van der Waals surface area contributed by atoms with Crippen LogP contribution in [-0.2, 0) is 6.42 Å². The van der Waals surface area contributed by atoms with E-state index in [2.05, 4.69) is 18.2 Å². The number of hydrogen-bond acceptors (Lipinski definition) is 2. The van der Waals surface area contributed by atoms with Crippen molar-refractivity contribution in [2.45, 2.75) is 51.4 Å². The minimum Gasteiger partial charge on any atom is -0.195 e. The van der Waals surface area contributed by atoms with Crippen LogP contribution in [0.15, 0.2) is 48.3 Å². The molecule has 1 aromatic carbocycles. The minimum atomic E-state index is -0.737. The largest absolute Gasteiger partial charge is 0.199 e. The van der Waals surface area contributed by atoms with Crippen molar-refractivity contribution in [1.82, 2.24) is 0 Å².